The summed E-state index contributed by atoms with van der Waals surface area (Å²) in [5.41, 5.74) is 6.72. The van der Waals surface area contributed by atoms with Crippen molar-refractivity contribution in [2.75, 3.05) is 20.1 Å². The fourth-order valence-electron chi connectivity index (χ4n) is 1.60. The van der Waals surface area contributed by atoms with Crippen LogP contribution in [0.3, 0.4) is 0 Å². The molecular formula is C12H19FN2. The molecule has 84 valence electrons. The first-order chi connectivity index (χ1) is 7.08. The van der Waals surface area contributed by atoms with Crippen LogP contribution in [-0.4, -0.2) is 31.1 Å². The van der Waals surface area contributed by atoms with E-state index in [0.717, 1.165) is 25.1 Å². The van der Waals surface area contributed by atoms with Crippen LogP contribution in [0.1, 0.15) is 12.5 Å². The zero-order chi connectivity index (χ0) is 11.3. The molecule has 0 saturated carbocycles. The van der Waals surface area contributed by atoms with Gasteiger partial charge in [0.05, 0.1) is 0 Å². The van der Waals surface area contributed by atoms with Crippen molar-refractivity contribution in [3.05, 3.63) is 35.6 Å². The third-order valence-corrected chi connectivity index (χ3v) is 2.27. The third kappa shape index (κ3) is 4.91. The fourth-order valence-corrected chi connectivity index (χ4v) is 1.60. The Morgan fingerprint density at radius 1 is 1.47 bits per heavy atom. The minimum atomic E-state index is -0.164. The van der Waals surface area contributed by atoms with Crippen LogP contribution in [0.25, 0.3) is 0 Å². The molecular weight excluding hydrogens is 191 g/mol. The Morgan fingerprint density at radius 2 is 2.20 bits per heavy atom. The van der Waals surface area contributed by atoms with Gasteiger partial charge in [0.25, 0.3) is 0 Å². The highest BCUT2D eigenvalue weighted by molar-refractivity contribution is 5.16. The first-order valence-electron chi connectivity index (χ1n) is 5.26. The van der Waals surface area contributed by atoms with E-state index in [2.05, 4.69) is 4.90 Å². The van der Waals surface area contributed by atoms with Gasteiger partial charge < -0.3 is 10.6 Å². The molecule has 0 aliphatic carbocycles. The van der Waals surface area contributed by atoms with Gasteiger partial charge in [0.15, 0.2) is 0 Å². The number of hydrogen-bond donors (Lipinski definition) is 1. The van der Waals surface area contributed by atoms with Crippen molar-refractivity contribution in [3.8, 4) is 0 Å². The van der Waals surface area contributed by atoms with E-state index in [1.54, 1.807) is 12.1 Å². The Bertz CT molecular complexity index is 299. The highest BCUT2D eigenvalue weighted by atomic mass is 19.1. The van der Waals surface area contributed by atoms with Gasteiger partial charge in [-0.3, -0.25) is 0 Å². The maximum absolute atomic E-state index is 12.9. The Balaban J connectivity index is 2.36. The summed E-state index contributed by atoms with van der Waals surface area (Å²) in [5, 5.41) is 0. The molecule has 0 heterocycles. The van der Waals surface area contributed by atoms with Crippen molar-refractivity contribution in [1.82, 2.24) is 4.90 Å². The van der Waals surface area contributed by atoms with E-state index < -0.39 is 0 Å². The summed E-state index contributed by atoms with van der Waals surface area (Å²) in [5.74, 6) is -0.164. The van der Waals surface area contributed by atoms with Crippen molar-refractivity contribution in [2.24, 2.45) is 5.73 Å². The number of nitrogens with zero attached hydrogens (tertiary/aromatic N) is 1. The largest absolute Gasteiger partial charge is 0.327 e. The molecule has 1 aromatic rings. The van der Waals surface area contributed by atoms with E-state index in [0.29, 0.717) is 0 Å². The van der Waals surface area contributed by atoms with Crippen molar-refractivity contribution < 1.29 is 4.39 Å². The molecule has 0 amide bonds. The molecule has 0 spiro atoms. The molecule has 0 bridgehead atoms. The van der Waals surface area contributed by atoms with Crippen LogP contribution in [0, 0.1) is 5.82 Å². The summed E-state index contributed by atoms with van der Waals surface area (Å²) in [4.78, 5) is 2.16. The summed E-state index contributed by atoms with van der Waals surface area (Å²) in [7, 11) is 2.03. The lowest BCUT2D eigenvalue weighted by molar-refractivity contribution is 0.321. The second kappa shape index (κ2) is 5.83. The second-order valence-corrected chi connectivity index (χ2v) is 4.12. The molecule has 2 nitrogen and oxygen atoms in total. The highest BCUT2D eigenvalue weighted by Crippen LogP contribution is 2.04. The molecule has 1 aromatic carbocycles. The van der Waals surface area contributed by atoms with Crippen LogP contribution < -0.4 is 5.73 Å². The van der Waals surface area contributed by atoms with Crippen LogP contribution >= 0.6 is 0 Å². The van der Waals surface area contributed by atoms with Crippen LogP contribution in [0.2, 0.25) is 0 Å². The molecule has 15 heavy (non-hydrogen) atoms. The average Bonchev–Trinajstić information content (AvgIpc) is 2.14. The van der Waals surface area contributed by atoms with E-state index in [9.17, 15) is 4.39 Å². The standard InChI is InChI=1S/C12H19FN2/c1-10(14)9-15(2)7-6-11-4-3-5-12(13)8-11/h3-5,8,10H,6-7,9,14H2,1-2H3. The molecule has 3 heteroatoms. The molecule has 0 radical (unpaired) electrons. The number of nitrogens with two attached hydrogens (primary N) is 1. The maximum atomic E-state index is 12.9. The molecule has 0 aliphatic rings. The van der Waals surface area contributed by atoms with Crippen molar-refractivity contribution in [3.63, 3.8) is 0 Å². The van der Waals surface area contributed by atoms with Crippen LogP contribution in [0.5, 0.6) is 0 Å². The zero-order valence-electron chi connectivity index (χ0n) is 9.41. The summed E-state index contributed by atoms with van der Waals surface area (Å²) in [6.07, 6.45) is 0.862. The monoisotopic (exact) mass is 210 g/mol. The summed E-state index contributed by atoms with van der Waals surface area (Å²) in [6, 6.07) is 6.93. The van der Waals surface area contributed by atoms with E-state index in [4.69, 9.17) is 5.73 Å². The minimum Gasteiger partial charge on any atom is -0.327 e. The molecule has 1 unspecified atom stereocenters. The first kappa shape index (κ1) is 12.1. The molecule has 1 atom stereocenters. The van der Waals surface area contributed by atoms with Gasteiger partial charge in [-0.25, -0.2) is 4.39 Å². The lowest BCUT2D eigenvalue weighted by atomic mass is 10.1. The minimum absolute atomic E-state index is 0.164. The summed E-state index contributed by atoms with van der Waals surface area (Å²) < 4.78 is 12.9. The lowest BCUT2D eigenvalue weighted by Gasteiger charge is -2.18. The Morgan fingerprint density at radius 3 is 2.80 bits per heavy atom. The second-order valence-electron chi connectivity index (χ2n) is 4.12. The normalized spacial score (nSPS) is 13.1. The molecule has 0 aliphatic heterocycles. The van der Waals surface area contributed by atoms with E-state index in [-0.39, 0.29) is 11.9 Å². The number of halogens is 1. The maximum Gasteiger partial charge on any atom is 0.123 e. The highest BCUT2D eigenvalue weighted by Gasteiger charge is 2.02. The zero-order valence-corrected chi connectivity index (χ0v) is 9.41. The van der Waals surface area contributed by atoms with Gasteiger partial charge in [-0.05, 0) is 38.1 Å². The van der Waals surface area contributed by atoms with E-state index in [1.807, 2.05) is 20.0 Å². The lowest BCUT2D eigenvalue weighted by Crippen LogP contribution is -2.34. The predicted molar refractivity (Wildman–Crippen MR) is 61.3 cm³/mol. The average molecular weight is 210 g/mol. The van der Waals surface area contributed by atoms with Crippen molar-refractivity contribution in [1.29, 1.82) is 0 Å². The van der Waals surface area contributed by atoms with Crippen molar-refractivity contribution in [2.45, 2.75) is 19.4 Å². The molecule has 2 N–H and O–H groups in total. The number of hydrogen-bond acceptors (Lipinski definition) is 2. The number of rotatable bonds is 5. The number of likely N-dealkylation sites (N-methyl/N-ethyl adjacent to an activating group) is 1. The first-order valence-corrected chi connectivity index (χ1v) is 5.26. The van der Waals surface area contributed by atoms with E-state index in [1.165, 1.54) is 6.07 Å². The molecule has 1 rings (SSSR count). The van der Waals surface area contributed by atoms with Crippen LogP contribution in [-0.2, 0) is 6.42 Å². The third-order valence-electron chi connectivity index (χ3n) is 2.27. The van der Waals surface area contributed by atoms with Gasteiger partial charge in [0.2, 0.25) is 0 Å². The SMILES string of the molecule is CC(N)CN(C)CCc1cccc(F)c1. The summed E-state index contributed by atoms with van der Waals surface area (Å²) >= 11 is 0. The van der Waals surface area contributed by atoms with Gasteiger partial charge in [-0.1, -0.05) is 12.1 Å². The van der Waals surface area contributed by atoms with Gasteiger partial charge >= 0.3 is 0 Å². The molecule has 0 aromatic heterocycles. The van der Waals surface area contributed by atoms with Crippen LogP contribution in [0.15, 0.2) is 24.3 Å². The van der Waals surface area contributed by atoms with Crippen LogP contribution in [0.4, 0.5) is 4.39 Å². The predicted octanol–water partition coefficient (Wildman–Crippen LogP) is 1.65. The Kier molecular flexibility index (Phi) is 4.72. The fraction of sp³-hybridized carbons (Fsp3) is 0.500. The Labute approximate surface area is 90.9 Å². The smallest absolute Gasteiger partial charge is 0.123 e. The van der Waals surface area contributed by atoms with Gasteiger partial charge in [-0.15, -0.1) is 0 Å². The van der Waals surface area contributed by atoms with Gasteiger partial charge in [-0.2, -0.15) is 0 Å². The Hall–Kier alpha value is -0.930. The molecule has 0 saturated heterocycles. The van der Waals surface area contributed by atoms with Crippen molar-refractivity contribution >= 4 is 0 Å². The van der Waals surface area contributed by atoms with E-state index >= 15 is 0 Å². The van der Waals surface area contributed by atoms with Gasteiger partial charge in [0.1, 0.15) is 5.82 Å². The topological polar surface area (TPSA) is 29.3 Å². The van der Waals surface area contributed by atoms with Gasteiger partial charge in [0, 0.05) is 19.1 Å². The number of benzene rings is 1. The molecule has 0 fully saturated rings. The quantitative estimate of drug-likeness (QED) is 0.800. The summed E-state index contributed by atoms with van der Waals surface area (Å²) in [6.45, 7) is 3.76.